The average Bonchev–Trinajstić information content (AvgIpc) is 3.53. The van der Waals surface area contributed by atoms with Gasteiger partial charge < -0.3 is 16.0 Å². The molecule has 1 saturated carbocycles. The molecular weight excluding hydrogens is 464 g/mol. The number of benzene rings is 1. The number of hydrogen-bond acceptors (Lipinski definition) is 5. The van der Waals surface area contributed by atoms with Crippen LogP contribution in [-0.2, 0) is 4.79 Å². The molecule has 1 aliphatic carbocycles. The number of carbonyl (C=O) groups is 2. The van der Waals surface area contributed by atoms with Crippen LogP contribution in [0.3, 0.4) is 0 Å². The number of hydrogen-bond donors (Lipinski definition) is 2. The number of pyridine rings is 1. The van der Waals surface area contributed by atoms with Crippen molar-refractivity contribution in [2.75, 3.05) is 24.1 Å². The first-order valence-corrected chi connectivity index (χ1v) is 12.6. The topological polar surface area (TPSA) is 106 Å². The number of likely N-dealkylation sites (tertiary alicyclic amines) is 1. The van der Waals surface area contributed by atoms with Crippen LogP contribution in [0.15, 0.2) is 73.6 Å². The van der Waals surface area contributed by atoms with Crippen molar-refractivity contribution in [2.24, 2.45) is 0 Å². The van der Waals surface area contributed by atoms with Crippen LogP contribution in [0.2, 0.25) is 0 Å². The Kier molecular flexibility index (Phi) is 5.71. The van der Waals surface area contributed by atoms with Gasteiger partial charge in [0, 0.05) is 37.0 Å². The molecule has 4 aromatic rings. The number of fused-ring (bicyclic) bond motifs is 1. The zero-order valence-electron chi connectivity index (χ0n) is 20.4. The van der Waals surface area contributed by atoms with Crippen LogP contribution in [0.5, 0.6) is 0 Å². The van der Waals surface area contributed by atoms with Gasteiger partial charge in [0.2, 0.25) is 11.9 Å². The summed E-state index contributed by atoms with van der Waals surface area (Å²) in [5, 5.41) is 2.91. The van der Waals surface area contributed by atoms with Gasteiger partial charge >= 0.3 is 0 Å². The lowest BCUT2D eigenvalue weighted by Crippen LogP contribution is -2.26. The summed E-state index contributed by atoms with van der Waals surface area (Å²) < 4.78 is 1.94. The van der Waals surface area contributed by atoms with Crippen LogP contribution in [0.1, 0.15) is 52.6 Å². The van der Waals surface area contributed by atoms with Gasteiger partial charge in [-0.1, -0.05) is 18.7 Å². The first-order valence-electron chi connectivity index (χ1n) is 12.6. The summed E-state index contributed by atoms with van der Waals surface area (Å²) in [5.74, 6) is 1.50. The zero-order valence-corrected chi connectivity index (χ0v) is 20.4. The van der Waals surface area contributed by atoms with E-state index in [9.17, 15) is 9.59 Å². The van der Waals surface area contributed by atoms with E-state index < -0.39 is 0 Å². The smallest absolute Gasteiger partial charge is 0.256 e. The quantitative estimate of drug-likeness (QED) is 0.383. The van der Waals surface area contributed by atoms with Crippen LogP contribution in [0.25, 0.3) is 16.8 Å². The molecule has 2 fully saturated rings. The summed E-state index contributed by atoms with van der Waals surface area (Å²) >= 11 is 0. The van der Waals surface area contributed by atoms with Crippen molar-refractivity contribution >= 4 is 29.1 Å². The highest BCUT2D eigenvalue weighted by molar-refractivity contribution is 6.04. The van der Waals surface area contributed by atoms with E-state index in [-0.39, 0.29) is 17.7 Å². The number of anilines is 2. The zero-order chi connectivity index (χ0) is 25.5. The number of nitrogens with zero attached hydrogens (tertiary/aromatic N) is 4. The summed E-state index contributed by atoms with van der Waals surface area (Å²) in [6, 6.07) is 15.5. The van der Waals surface area contributed by atoms with Crippen molar-refractivity contribution < 1.29 is 9.59 Å². The van der Waals surface area contributed by atoms with E-state index in [4.69, 9.17) is 5.73 Å². The third-order valence-electron chi connectivity index (χ3n) is 7.37. The standard InChI is InChI=1S/C29H28N6O2/c1-2-27(36)34-14-11-22(17-34)23-16-25(35-24(23)10-13-32-29(35)30)19-5-7-20(8-6-19)28(37)33-26-15-21(9-12-31-26)18-3-4-18/h2,5-10,12-13,15-16,18,22H,1,3-4,11,14,17H2,(H2,30,32)(H,31,33,37). The van der Waals surface area contributed by atoms with Crippen molar-refractivity contribution in [3.63, 3.8) is 0 Å². The van der Waals surface area contributed by atoms with Crippen LogP contribution in [-0.4, -0.2) is 44.2 Å². The van der Waals surface area contributed by atoms with E-state index in [1.807, 2.05) is 39.6 Å². The maximum atomic E-state index is 12.9. The van der Waals surface area contributed by atoms with E-state index >= 15 is 0 Å². The Balaban J connectivity index is 1.27. The third-order valence-corrected chi connectivity index (χ3v) is 7.37. The van der Waals surface area contributed by atoms with Crippen molar-refractivity contribution in [2.45, 2.75) is 31.1 Å². The minimum atomic E-state index is -0.202. The van der Waals surface area contributed by atoms with Gasteiger partial charge in [0.25, 0.3) is 5.91 Å². The second-order valence-electron chi connectivity index (χ2n) is 9.76. The Morgan fingerprint density at radius 2 is 1.78 bits per heavy atom. The van der Waals surface area contributed by atoms with E-state index in [1.54, 1.807) is 24.5 Å². The Morgan fingerprint density at radius 3 is 2.54 bits per heavy atom. The molecule has 0 spiro atoms. The van der Waals surface area contributed by atoms with Gasteiger partial charge in [-0.05, 0) is 84.3 Å². The van der Waals surface area contributed by atoms with E-state index in [0.29, 0.717) is 36.3 Å². The molecule has 1 saturated heterocycles. The minimum Gasteiger partial charge on any atom is -0.369 e. The number of nitrogens with two attached hydrogens (primary N) is 1. The van der Waals surface area contributed by atoms with Crippen LogP contribution < -0.4 is 11.1 Å². The predicted molar refractivity (Wildman–Crippen MR) is 143 cm³/mol. The second-order valence-corrected chi connectivity index (χ2v) is 9.76. The molecule has 8 heteroatoms. The number of rotatable bonds is 6. The Morgan fingerprint density at radius 1 is 1.00 bits per heavy atom. The first-order chi connectivity index (χ1) is 18.0. The molecule has 4 heterocycles. The molecule has 1 unspecified atom stereocenters. The van der Waals surface area contributed by atoms with Gasteiger partial charge in [-0.15, -0.1) is 0 Å². The lowest BCUT2D eigenvalue weighted by molar-refractivity contribution is -0.125. The van der Waals surface area contributed by atoms with Crippen LogP contribution in [0, 0.1) is 0 Å². The first kappa shape index (κ1) is 23.0. The fraction of sp³-hybridized carbons (Fsp3) is 0.241. The molecule has 2 aliphatic rings. The molecule has 3 aromatic heterocycles. The summed E-state index contributed by atoms with van der Waals surface area (Å²) in [6.07, 6.45) is 8.08. The van der Waals surface area contributed by atoms with Crippen molar-refractivity contribution in [3.05, 3.63) is 90.3 Å². The number of nitrogen functional groups attached to an aromatic ring is 1. The molecule has 6 rings (SSSR count). The maximum Gasteiger partial charge on any atom is 0.256 e. The number of amides is 2. The molecule has 8 nitrogen and oxygen atoms in total. The summed E-state index contributed by atoms with van der Waals surface area (Å²) in [7, 11) is 0. The fourth-order valence-corrected chi connectivity index (χ4v) is 5.25. The molecule has 1 atom stereocenters. The highest BCUT2D eigenvalue weighted by Crippen LogP contribution is 2.40. The molecule has 0 radical (unpaired) electrons. The molecule has 1 aromatic carbocycles. The highest BCUT2D eigenvalue weighted by atomic mass is 16.2. The van der Waals surface area contributed by atoms with Crippen molar-refractivity contribution in [1.82, 2.24) is 19.3 Å². The monoisotopic (exact) mass is 492 g/mol. The lowest BCUT2D eigenvalue weighted by atomic mass is 9.98. The van der Waals surface area contributed by atoms with Crippen LogP contribution in [0.4, 0.5) is 11.8 Å². The minimum absolute atomic E-state index is 0.0456. The highest BCUT2D eigenvalue weighted by Gasteiger charge is 2.29. The molecule has 0 bridgehead atoms. The van der Waals surface area contributed by atoms with Gasteiger partial charge in [0.1, 0.15) is 5.82 Å². The summed E-state index contributed by atoms with van der Waals surface area (Å²) in [5.41, 5.74) is 12.0. The van der Waals surface area contributed by atoms with E-state index in [1.165, 1.54) is 24.5 Å². The fourth-order valence-electron chi connectivity index (χ4n) is 5.25. The van der Waals surface area contributed by atoms with E-state index in [0.717, 1.165) is 28.8 Å². The SMILES string of the molecule is C=CC(=O)N1CCC(c2cc(-c3ccc(C(=O)Nc4cc(C5CC5)ccn4)cc3)n3c(N)nccc23)C1. The number of nitrogens with one attached hydrogen (secondary N) is 1. The number of carbonyl (C=O) groups excluding carboxylic acids is 2. The summed E-state index contributed by atoms with van der Waals surface area (Å²) in [6.45, 7) is 4.95. The Labute approximate surface area is 214 Å². The van der Waals surface area contributed by atoms with Crippen LogP contribution >= 0.6 is 0 Å². The summed E-state index contributed by atoms with van der Waals surface area (Å²) in [4.78, 5) is 35.4. The molecule has 3 N–H and O–H groups in total. The normalized spacial score (nSPS) is 17.2. The van der Waals surface area contributed by atoms with Gasteiger partial charge in [0.05, 0.1) is 11.2 Å². The average molecular weight is 493 g/mol. The molecular formula is C29H28N6O2. The maximum absolute atomic E-state index is 12.9. The third kappa shape index (κ3) is 4.35. The van der Waals surface area contributed by atoms with E-state index in [2.05, 4.69) is 27.9 Å². The largest absolute Gasteiger partial charge is 0.369 e. The second kappa shape index (κ2) is 9.20. The van der Waals surface area contributed by atoms with Gasteiger partial charge in [-0.2, -0.15) is 0 Å². The Bertz CT molecular complexity index is 1520. The molecule has 186 valence electrons. The van der Waals surface area contributed by atoms with Crippen molar-refractivity contribution in [1.29, 1.82) is 0 Å². The van der Waals surface area contributed by atoms with Crippen molar-refractivity contribution in [3.8, 4) is 11.3 Å². The Hall–Kier alpha value is -4.46. The number of aromatic nitrogens is 3. The van der Waals surface area contributed by atoms with Gasteiger partial charge in [-0.25, -0.2) is 9.97 Å². The molecule has 1 aliphatic heterocycles. The lowest BCUT2D eigenvalue weighted by Gasteiger charge is -2.14. The van der Waals surface area contributed by atoms with Gasteiger partial charge in [-0.3, -0.25) is 14.0 Å². The van der Waals surface area contributed by atoms with Gasteiger partial charge in [0.15, 0.2) is 0 Å². The molecule has 2 amide bonds. The predicted octanol–water partition coefficient (Wildman–Crippen LogP) is 4.61. The molecule has 37 heavy (non-hydrogen) atoms.